The average molecular weight is 665 g/mol. The Bertz CT molecular complexity index is 1600. The van der Waals surface area contributed by atoms with Crippen molar-refractivity contribution in [2.45, 2.75) is 44.3 Å². The van der Waals surface area contributed by atoms with E-state index in [0.717, 1.165) is 56.8 Å². The van der Waals surface area contributed by atoms with Gasteiger partial charge in [0, 0.05) is 63.4 Å². The molecule has 1 amide bonds. The van der Waals surface area contributed by atoms with E-state index in [1.807, 2.05) is 12.1 Å². The number of nitrogens with zero attached hydrogens (tertiary/aromatic N) is 6. The number of amides is 1. The first-order valence-electron chi connectivity index (χ1n) is 16.0. The van der Waals surface area contributed by atoms with Crippen LogP contribution < -0.4 is 25.3 Å². The maximum Gasteiger partial charge on any atom is 0.247 e. The van der Waals surface area contributed by atoms with Crippen molar-refractivity contribution in [3.63, 3.8) is 0 Å². The zero-order chi connectivity index (χ0) is 33.1. The molecule has 3 saturated heterocycles. The molecule has 0 aliphatic carbocycles. The molecule has 3 aromatic rings. The standard InChI is InChI=1S/C34H42ClFN8O3/c1-5-34(45)40-27-17-28(31(46-4)18-30(27)42-11-8-24(9-12-42)43-14-13-41(3)22(2)20-43)39-32-19-33(38-21-37-32)44-29(10-15-47-44)23-6-7-26(36)25(35)16-23/h5-7,16-19,21-22,24,29H,1,8-15,20H2,2-4H3,(H,40,45)(H,37,38,39)/t22-,29+/m0/s1. The van der Waals surface area contributed by atoms with Crippen LogP contribution in [0.15, 0.2) is 55.4 Å². The average Bonchev–Trinajstić information content (AvgIpc) is 3.58. The summed E-state index contributed by atoms with van der Waals surface area (Å²) in [5.74, 6) is 0.853. The Hall–Kier alpha value is -3.97. The highest BCUT2D eigenvalue weighted by molar-refractivity contribution is 6.30. The second-order valence-corrected chi connectivity index (χ2v) is 12.7. The van der Waals surface area contributed by atoms with Crippen molar-refractivity contribution in [3.8, 4) is 5.75 Å². The molecule has 2 aromatic carbocycles. The number of piperazine rings is 1. The van der Waals surface area contributed by atoms with Crippen LogP contribution in [-0.2, 0) is 9.63 Å². The maximum atomic E-state index is 13.8. The molecule has 0 unspecified atom stereocenters. The number of nitrogens with one attached hydrogen (secondary N) is 2. The van der Waals surface area contributed by atoms with Crippen LogP contribution in [0, 0.1) is 5.82 Å². The normalized spacial score (nSPS) is 21.1. The quantitative estimate of drug-likeness (QED) is 0.280. The van der Waals surface area contributed by atoms with Crippen LogP contribution in [0.4, 0.5) is 33.1 Å². The molecule has 4 heterocycles. The number of aromatic nitrogens is 2. The van der Waals surface area contributed by atoms with Gasteiger partial charge in [-0.3, -0.25) is 14.5 Å². The first-order chi connectivity index (χ1) is 22.7. The predicted octanol–water partition coefficient (Wildman–Crippen LogP) is 5.63. The summed E-state index contributed by atoms with van der Waals surface area (Å²) in [5.41, 5.74) is 2.98. The van der Waals surface area contributed by atoms with Gasteiger partial charge in [-0.1, -0.05) is 24.2 Å². The Morgan fingerprint density at radius 1 is 1.11 bits per heavy atom. The molecule has 0 spiro atoms. The van der Waals surface area contributed by atoms with Crippen LogP contribution in [0.25, 0.3) is 0 Å². The summed E-state index contributed by atoms with van der Waals surface area (Å²) in [6, 6.07) is 11.2. The van der Waals surface area contributed by atoms with Crippen molar-refractivity contribution in [1.82, 2.24) is 19.8 Å². The molecule has 47 heavy (non-hydrogen) atoms. The number of ether oxygens (including phenoxy) is 1. The molecule has 3 fully saturated rings. The van der Waals surface area contributed by atoms with E-state index in [9.17, 15) is 9.18 Å². The number of hydrogen-bond acceptors (Lipinski definition) is 10. The number of hydroxylamine groups is 1. The first kappa shape index (κ1) is 33.0. The van der Waals surface area contributed by atoms with Crippen molar-refractivity contribution in [2.24, 2.45) is 0 Å². The van der Waals surface area contributed by atoms with E-state index in [-0.39, 0.29) is 17.0 Å². The van der Waals surface area contributed by atoms with Gasteiger partial charge in [0.2, 0.25) is 5.91 Å². The number of anilines is 5. The van der Waals surface area contributed by atoms with Crippen LogP contribution in [-0.4, -0.2) is 91.2 Å². The topological polar surface area (TPSA) is 98.3 Å². The van der Waals surface area contributed by atoms with Crippen LogP contribution in [0.5, 0.6) is 5.75 Å². The van der Waals surface area contributed by atoms with Gasteiger partial charge in [0.05, 0.1) is 41.8 Å². The molecule has 2 N–H and O–H groups in total. The van der Waals surface area contributed by atoms with Crippen molar-refractivity contribution in [2.75, 3.05) is 74.1 Å². The van der Waals surface area contributed by atoms with Gasteiger partial charge in [0.15, 0.2) is 5.82 Å². The SMILES string of the molecule is C=CC(=O)Nc1cc(Nc2cc(N3OCC[C@@H]3c3ccc(F)c(Cl)c3)ncn2)c(OC)cc1N1CCC(N2CCN(C)[C@@H](C)C2)CC1. The number of methoxy groups -OCH3 is 1. The van der Waals surface area contributed by atoms with Gasteiger partial charge in [-0.2, -0.15) is 0 Å². The van der Waals surface area contributed by atoms with Crippen molar-refractivity contribution in [1.29, 1.82) is 0 Å². The second-order valence-electron chi connectivity index (χ2n) is 12.3. The van der Waals surface area contributed by atoms with Gasteiger partial charge in [-0.05, 0) is 56.7 Å². The number of carbonyl (C=O) groups excluding carboxylic acids is 1. The van der Waals surface area contributed by atoms with Gasteiger partial charge < -0.3 is 25.2 Å². The third kappa shape index (κ3) is 7.30. The summed E-state index contributed by atoms with van der Waals surface area (Å²) in [6.07, 6.45) is 5.48. The van der Waals surface area contributed by atoms with Gasteiger partial charge >= 0.3 is 0 Å². The second kappa shape index (κ2) is 14.4. The molecule has 6 rings (SSSR count). The Kier molecular flexibility index (Phi) is 10.1. The summed E-state index contributed by atoms with van der Waals surface area (Å²) in [5, 5.41) is 8.09. The monoisotopic (exact) mass is 664 g/mol. The molecule has 0 saturated carbocycles. The lowest BCUT2D eigenvalue weighted by Gasteiger charge is -2.45. The highest BCUT2D eigenvalue weighted by atomic mass is 35.5. The smallest absolute Gasteiger partial charge is 0.247 e. The molecular weight excluding hydrogens is 623 g/mol. The number of benzene rings is 2. The Labute approximate surface area is 280 Å². The number of carbonyl (C=O) groups is 1. The van der Waals surface area contributed by atoms with Gasteiger partial charge in [-0.15, -0.1) is 0 Å². The Morgan fingerprint density at radius 2 is 1.91 bits per heavy atom. The molecule has 1 aromatic heterocycles. The van der Waals surface area contributed by atoms with Crippen molar-refractivity contribution >= 4 is 46.2 Å². The number of rotatable bonds is 9. The highest BCUT2D eigenvalue weighted by Crippen LogP contribution is 2.41. The molecule has 3 aliphatic heterocycles. The predicted molar refractivity (Wildman–Crippen MR) is 183 cm³/mol. The third-order valence-electron chi connectivity index (χ3n) is 9.45. The van der Waals surface area contributed by atoms with Crippen LogP contribution in [0.2, 0.25) is 5.02 Å². The van der Waals surface area contributed by atoms with E-state index in [1.165, 1.54) is 18.5 Å². The minimum Gasteiger partial charge on any atom is -0.494 e. The highest BCUT2D eigenvalue weighted by Gasteiger charge is 2.32. The summed E-state index contributed by atoms with van der Waals surface area (Å²) in [4.78, 5) is 34.7. The molecular formula is C34H42ClFN8O3. The zero-order valence-corrected chi connectivity index (χ0v) is 27.8. The molecule has 13 heteroatoms. The summed E-state index contributed by atoms with van der Waals surface area (Å²) in [6.45, 7) is 11.4. The first-order valence-corrected chi connectivity index (χ1v) is 16.4. The molecule has 0 bridgehead atoms. The van der Waals surface area contributed by atoms with E-state index >= 15 is 0 Å². The summed E-state index contributed by atoms with van der Waals surface area (Å²) in [7, 11) is 3.82. The fourth-order valence-corrected chi connectivity index (χ4v) is 6.84. The fraction of sp³-hybridized carbons (Fsp3) is 0.441. The molecule has 0 radical (unpaired) electrons. The number of piperidine rings is 1. The lowest BCUT2D eigenvalue weighted by molar-refractivity contribution is -0.111. The minimum absolute atomic E-state index is 0.0586. The van der Waals surface area contributed by atoms with E-state index < -0.39 is 5.82 Å². The lowest BCUT2D eigenvalue weighted by Crippen LogP contribution is -2.55. The zero-order valence-electron chi connectivity index (χ0n) is 27.1. The lowest BCUT2D eigenvalue weighted by atomic mass is 10.00. The molecule has 11 nitrogen and oxygen atoms in total. The Morgan fingerprint density at radius 3 is 2.64 bits per heavy atom. The van der Waals surface area contributed by atoms with Gasteiger partial charge in [-0.25, -0.2) is 19.4 Å². The van der Waals surface area contributed by atoms with Crippen LogP contribution in [0.1, 0.15) is 37.8 Å². The minimum atomic E-state index is -0.470. The van der Waals surface area contributed by atoms with Crippen LogP contribution in [0.3, 0.4) is 0 Å². The van der Waals surface area contributed by atoms with E-state index in [0.29, 0.717) is 53.9 Å². The number of hydrogen-bond donors (Lipinski definition) is 2. The van der Waals surface area contributed by atoms with Gasteiger partial charge in [0.1, 0.15) is 23.7 Å². The van der Waals surface area contributed by atoms with E-state index in [1.54, 1.807) is 30.4 Å². The van der Waals surface area contributed by atoms with E-state index in [2.05, 4.69) is 55.9 Å². The third-order valence-corrected chi connectivity index (χ3v) is 9.74. The number of likely N-dealkylation sites (N-methyl/N-ethyl adjacent to an activating group) is 1. The molecule has 250 valence electrons. The Balaban J connectivity index is 1.22. The van der Waals surface area contributed by atoms with Crippen molar-refractivity contribution in [3.05, 3.63) is 71.8 Å². The number of halogens is 2. The maximum absolute atomic E-state index is 13.8. The molecule has 3 aliphatic rings. The van der Waals surface area contributed by atoms with Crippen molar-refractivity contribution < 1.29 is 18.8 Å². The largest absolute Gasteiger partial charge is 0.494 e. The van der Waals surface area contributed by atoms with Crippen LogP contribution >= 0.6 is 11.6 Å². The van der Waals surface area contributed by atoms with Gasteiger partial charge in [0.25, 0.3) is 0 Å². The summed E-state index contributed by atoms with van der Waals surface area (Å²) < 4.78 is 19.7. The molecule has 2 atom stereocenters. The van der Waals surface area contributed by atoms with E-state index in [4.69, 9.17) is 21.2 Å². The summed E-state index contributed by atoms with van der Waals surface area (Å²) >= 11 is 6.07. The fourth-order valence-electron chi connectivity index (χ4n) is 6.65.